The largest absolute Gasteiger partial charge is 0.372 e. The maximum absolute atomic E-state index is 13.3. The van der Waals surface area contributed by atoms with Crippen LogP contribution < -0.4 is 10.6 Å². The number of nitrogens with zero attached hydrogens (tertiary/aromatic N) is 1. The third-order valence-corrected chi connectivity index (χ3v) is 3.78. The van der Waals surface area contributed by atoms with Gasteiger partial charge in [-0.3, -0.25) is 4.79 Å². The van der Waals surface area contributed by atoms with E-state index in [2.05, 4.69) is 15.6 Å². The first-order valence-electron chi connectivity index (χ1n) is 7.35. The topological polar surface area (TPSA) is 54.0 Å². The lowest BCUT2D eigenvalue weighted by Crippen LogP contribution is -2.35. The lowest BCUT2D eigenvalue weighted by Gasteiger charge is -2.21. The van der Waals surface area contributed by atoms with Gasteiger partial charge in [-0.1, -0.05) is 32.1 Å². The molecule has 20 heavy (non-hydrogen) atoms. The SMILES string of the molecule is CNc1ncc(F)cc1C(=O)NC1CCCCCCC1. The second-order valence-electron chi connectivity index (χ2n) is 5.32. The zero-order valence-corrected chi connectivity index (χ0v) is 11.9. The monoisotopic (exact) mass is 279 g/mol. The lowest BCUT2D eigenvalue weighted by molar-refractivity contribution is 0.0930. The lowest BCUT2D eigenvalue weighted by atomic mass is 9.96. The number of pyridine rings is 1. The number of aromatic nitrogens is 1. The van der Waals surface area contributed by atoms with E-state index in [1.807, 2.05) is 0 Å². The van der Waals surface area contributed by atoms with Crippen molar-refractivity contribution in [1.29, 1.82) is 0 Å². The molecule has 0 aromatic carbocycles. The second kappa shape index (κ2) is 7.22. The van der Waals surface area contributed by atoms with E-state index in [1.54, 1.807) is 7.05 Å². The highest BCUT2D eigenvalue weighted by atomic mass is 19.1. The molecule has 1 saturated carbocycles. The Morgan fingerprint density at radius 2 is 1.90 bits per heavy atom. The van der Waals surface area contributed by atoms with Crippen LogP contribution in [0.25, 0.3) is 0 Å². The summed E-state index contributed by atoms with van der Waals surface area (Å²) in [4.78, 5) is 16.2. The predicted molar refractivity (Wildman–Crippen MR) is 77.3 cm³/mol. The molecule has 0 aliphatic heterocycles. The van der Waals surface area contributed by atoms with Crippen molar-refractivity contribution in [2.75, 3.05) is 12.4 Å². The molecule has 0 radical (unpaired) electrons. The molecule has 0 spiro atoms. The van der Waals surface area contributed by atoms with Crippen LogP contribution in [-0.4, -0.2) is 24.0 Å². The summed E-state index contributed by atoms with van der Waals surface area (Å²) < 4.78 is 13.3. The molecule has 0 bridgehead atoms. The summed E-state index contributed by atoms with van der Waals surface area (Å²) in [5.41, 5.74) is 0.273. The van der Waals surface area contributed by atoms with Crippen molar-refractivity contribution in [3.63, 3.8) is 0 Å². The van der Waals surface area contributed by atoms with Gasteiger partial charge in [0.15, 0.2) is 0 Å². The zero-order chi connectivity index (χ0) is 14.4. The van der Waals surface area contributed by atoms with Crippen molar-refractivity contribution in [2.24, 2.45) is 0 Å². The van der Waals surface area contributed by atoms with Crippen molar-refractivity contribution in [3.05, 3.63) is 23.6 Å². The van der Waals surface area contributed by atoms with Crippen LogP contribution in [0.5, 0.6) is 0 Å². The molecule has 1 aromatic rings. The molecule has 1 amide bonds. The third kappa shape index (κ3) is 3.92. The number of rotatable bonds is 3. The second-order valence-corrected chi connectivity index (χ2v) is 5.32. The number of carbonyl (C=O) groups is 1. The van der Waals surface area contributed by atoms with Gasteiger partial charge in [0.2, 0.25) is 0 Å². The molecular formula is C15H22FN3O. The van der Waals surface area contributed by atoms with Gasteiger partial charge in [-0.05, 0) is 18.9 Å². The maximum Gasteiger partial charge on any atom is 0.255 e. The fraction of sp³-hybridized carbons (Fsp3) is 0.600. The highest BCUT2D eigenvalue weighted by Crippen LogP contribution is 2.19. The Morgan fingerprint density at radius 1 is 1.25 bits per heavy atom. The van der Waals surface area contributed by atoms with E-state index in [0.717, 1.165) is 31.9 Å². The van der Waals surface area contributed by atoms with Crippen LogP contribution >= 0.6 is 0 Å². The number of carbonyl (C=O) groups excluding carboxylic acids is 1. The minimum atomic E-state index is -0.494. The van der Waals surface area contributed by atoms with Crippen LogP contribution in [0.15, 0.2) is 12.3 Å². The van der Waals surface area contributed by atoms with Crippen molar-refractivity contribution in [2.45, 2.75) is 51.0 Å². The first-order valence-corrected chi connectivity index (χ1v) is 7.35. The first-order chi connectivity index (χ1) is 9.70. The Kier molecular flexibility index (Phi) is 5.32. The van der Waals surface area contributed by atoms with Crippen molar-refractivity contribution < 1.29 is 9.18 Å². The van der Waals surface area contributed by atoms with Gasteiger partial charge in [-0.25, -0.2) is 9.37 Å². The minimum absolute atomic E-state index is 0.191. The van der Waals surface area contributed by atoms with E-state index in [0.29, 0.717) is 5.82 Å². The Hall–Kier alpha value is -1.65. The van der Waals surface area contributed by atoms with Crippen LogP contribution in [-0.2, 0) is 0 Å². The summed E-state index contributed by atoms with van der Waals surface area (Å²) in [6.07, 6.45) is 9.16. The van der Waals surface area contributed by atoms with Crippen LogP contribution in [0.2, 0.25) is 0 Å². The van der Waals surface area contributed by atoms with Gasteiger partial charge in [-0.15, -0.1) is 0 Å². The number of nitrogens with one attached hydrogen (secondary N) is 2. The van der Waals surface area contributed by atoms with Gasteiger partial charge >= 0.3 is 0 Å². The predicted octanol–water partition coefficient (Wildman–Crippen LogP) is 3.11. The van der Waals surface area contributed by atoms with E-state index in [4.69, 9.17) is 0 Å². The van der Waals surface area contributed by atoms with Crippen LogP contribution in [0.4, 0.5) is 10.2 Å². The highest BCUT2D eigenvalue weighted by molar-refractivity contribution is 5.98. The summed E-state index contributed by atoms with van der Waals surface area (Å²) in [5.74, 6) is -0.325. The number of anilines is 1. The molecule has 2 N–H and O–H groups in total. The minimum Gasteiger partial charge on any atom is -0.372 e. The molecular weight excluding hydrogens is 257 g/mol. The van der Waals surface area contributed by atoms with E-state index >= 15 is 0 Å². The number of hydrogen-bond donors (Lipinski definition) is 2. The van der Waals surface area contributed by atoms with Crippen LogP contribution in [0.3, 0.4) is 0 Å². The van der Waals surface area contributed by atoms with Gasteiger partial charge in [0.25, 0.3) is 5.91 Å². The smallest absolute Gasteiger partial charge is 0.255 e. The molecule has 4 nitrogen and oxygen atoms in total. The molecule has 2 rings (SSSR count). The summed E-state index contributed by atoms with van der Waals surface area (Å²) in [6, 6.07) is 1.42. The Bertz CT molecular complexity index is 456. The molecule has 0 saturated heterocycles. The summed E-state index contributed by atoms with van der Waals surface area (Å²) in [6.45, 7) is 0. The molecule has 5 heteroatoms. The Balaban J connectivity index is 2.04. The van der Waals surface area contributed by atoms with Gasteiger partial charge in [0, 0.05) is 13.1 Å². The Labute approximate surface area is 119 Å². The van der Waals surface area contributed by atoms with Gasteiger partial charge in [-0.2, -0.15) is 0 Å². The standard InChI is InChI=1S/C15H22FN3O/c1-17-14-13(9-11(16)10-18-14)15(20)19-12-7-5-3-2-4-6-8-12/h9-10,12H,2-8H2,1H3,(H,17,18)(H,19,20). The van der Waals surface area contributed by atoms with E-state index in [9.17, 15) is 9.18 Å². The van der Waals surface area contributed by atoms with E-state index in [-0.39, 0.29) is 17.5 Å². The fourth-order valence-corrected chi connectivity index (χ4v) is 2.68. The normalized spacial score (nSPS) is 17.1. The van der Waals surface area contributed by atoms with Crippen molar-refractivity contribution in [1.82, 2.24) is 10.3 Å². The summed E-state index contributed by atoms with van der Waals surface area (Å²) >= 11 is 0. The molecule has 1 aliphatic rings. The highest BCUT2D eigenvalue weighted by Gasteiger charge is 2.18. The molecule has 0 unspecified atom stereocenters. The molecule has 110 valence electrons. The molecule has 0 atom stereocenters. The maximum atomic E-state index is 13.3. The average molecular weight is 279 g/mol. The van der Waals surface area contributed by atoms with Gasteiger partial charge in [0.1, 0.15) is 11.6 Å². The molecule has 1 fully saturated rings. The molecule has 1 heterocycles. The molecule has 1 aliphatic carbocycles. The first kappa shape index (κ1) is 14.8. The van der Waals surface area contributed by atoms with Crippen LogP contribution in [0, 0.1) is 5.82 Å². The number of hydrogen-bond acceptors (Lipinski definition) is 3. The Morgan fingerprint density at radius 3 is 2.55 bits per heavy atom. The van der Waals surface area contributed by atoms with Gasteiger partial charge < -0.3 is 10.6 Å². The number of halogens is 1. The molecule has 1 aromatic heterocycles. The van der Waals surface area contributed by atoms with Gasteiger partial charge in [0.05, 0.1) is 11.8 Å². The van der Waals surface area contributed by atoms with Crippen molar-refractivity contribution in [3.8, 4) is 0 Å². The number of amides is 1. The van der Waals surface area contributed by atoms with E-state index < -0.39 is 5.82 Å². The average Bonchev–Trinajstić information content (AvgIpc) is 2.41. The van der Waals surface area contributed by atoms with Crippen LogP contribution in [0.1, 0.15) is 55.3 Å². The third-order valence-electron chi connectivity index (χ3n) is 3.78. The van der Waals surface area contributed by atoms with Crippen molar-refractivity contribution >= 4 is 11.7 Å². The fourth-order valence-electron chi connectivity index (χ4n) is 2.68. The summed E-state index contributed by atoms with van der Waals surface area (Å²) in [7, 11) is 1.67. The van der Waals surface area contributed by atoms with E-state index in [1.165, 1.54) is 25.3 Å². The summed E-state index contributed by atoms with van der Waals surface area (Å²) in [5, 5.41) is 5.84. The quantitative estimate of drug-likeness (QED) is 0.894. The zero-order valence-electron chi connectivity index (χ0n) is 11.9.